The summed E-state index contributed by atoms with van der Waals surface area (Å²) in [6.45, 7) is 4.16. The molecule has 0 atom stereocenters. The first-order chi connectivity index (χ1) is 7.69. The van der Waals surface area contributed by atoms with E-state index >= 15 is 0 Å². The fourth-order valence-corrected chi connectivity index (χ4v) is 2.45. The van der Waals surface area contributed by atoms with Gasteiger partial charge in [-0.1, -0.05) is 17.2 Å². The minimum Gasteiger partial charge on any atom is -0.240 e. The van der Waals surface area contributed by atoms with E-state index in [1.165, 1.54) is 11.1 Å². The lowest BCUT2D eigenvalue weighted by Crippen LogP contribution is -1.84. The van der Waals surface area contributed by atoms with Crippen molar-refractivity contribution in [2.75, 3.05) is 0 Å². The quantitative estimate of drug-likeness (QED) is 0.788. The largest absolute Gasteiger partial charge is 0.240 e. The molecule has 0 saturated heterocycles. The molecule has 0 aliphatic heterocycles. The Labute approximate surface area is 99.2 Å². The predicted octanol–water partition coefficient (Wildman–Crippen LogP) is 3.49. The highest BCUT2D eigenvalue weighted by Gasteiger charge is 2.05. The number of nitriles is 1. The van der Waals surface area contributed by atoms with E-state index in [1.54, 1.807) is 11.3 Å². The maximum absolute atomic E-state index is 8.60. The number of hydrogen-bond acceptors (Lipinski definition) is 3. The summed E-state index contributed by atoms with van der Waals surface area (Å²) in [6.07, 6.45) is 0.398. The molecule has 0 radical (unpaired) electrons. The van der Waals surface area contributed by atoms with Crippen LogP contribution in [0.2, 0.25) is 0 Å². The maximum atomic E-state index is 8.60. The van der Waals surface area contributed by atoms with Crippen LogP contribution >= 0.6 is 11.3 Å². The lowest BCUT2D eigenvalue weighted by molar-refractivity contribution is 1.19. The Balaban J connectivity index is 2.39. The van der Waals surface area contributed by atoms with E-state index in [0.717, 1.165) is 16.3 Å². The normalized spacial score (nSPS) is 10.1. The fraction of sp³-hybridized carbons (Fsp3) is 0.231. The number of hydrogen-bond donors (Lipinski definition) is 0. The molecule has 2 aromatic rings. The number of aryl methyl sites for hydroxylation is 2. The molecule has 1 heterocycles. The Hall–Kier alpha value is -1.66. The van der Waals surface area contributed by atoms with E-state index in [-0.39, 0.29) is 0 Å². The monoisotopic (exact) mass is 228 g/mol. The van der Waals surface area contributed by atoms with Crippen molar-refractivity contribution in [3.05, 3.63) is 39.7 Å². The SMILES string of the molecule is Cc1cc(C)cc(-c2csc(CC#N)n2)c1. The topological polar surface area (TPSA) is 36.7 Å². The van der Waals surface area contributed by atoms with Crippen molar-refractivity contribution >= 4 is 11.3 Å². The Morgan fingerprint density at radius 1 is 1.25 bits per heavy atom. The van der Waals surface area contributed by atoms with Crippen molar-refractivity contribution in [1.82, 2.24) is 4.98 Å². The minimum atomic E-state index is 0.398. The van der Waals surface area contributed by atoms with Gasteiger partial charge in [0.05, 0.1) is 18.2 Å². The number of benzene rings is 1. The number of rotatable bonds is 2. The third kappa shape index (κ3) is 2.29. The van der Waals surface area contributed by atoms with Gasteiger partial charge < -0.3 is 0 Å². The van der Waals surface area contributed by atoms with Crippen molar-refractivity contribution < 1.29 is 0 Å². The lowest BCUT2D eigenvalue weighted by atomic mass is 10.1. The van der Waals surface area contributed by atoms with Crippen molar-refractivity contribution in [1.29, 1.82) is 5.26 Å². The summed E-state index contributed by atoms with van der Waals surface area (Å²) in [6, 6.07) is 8.51. The summed E-state index contributed by atoms with van der Waals surface area (Å²) >= 11 is 1.55. The van der Waals surface area contributed by atoms with Crippen molar-refractivity contribution in [2.45, 2.75) is 20.3 Å². The maximum Gasteiger partial charge on any atom is 0.107 e. The zero-order valence-corrected chi connectivity index (χ0v) is 10.1. The standard InChI is InChI=1S/C13H12N2S/c1-9-5-10(2)7-11(6-9)12-8-16-13(15-12)3-4-14/h5-8H,3H2,1-2H3. The van der Waals surface area contributed by atoms with Crippen LogP contribution in [0.3, 0.4) is 0 Å². The molecule has 1 aromatic heterocycles. The Kier molecular flexibility index (Phi) is 3.02. The average Bonchev–Trinajstić information content (AvgIpc) is 2.65. The number of nitrogens with zero attached hydrogens (tertiary/aromatic N) is 2. The van der Waals surface area contributed by atoms with Gasteiger partial charge in [0, 0.05) is 10.9 Å². The molecule has 0 saturated carbocycles. The van der Waals surface area contributed by atoms with Crippen LogP contribution in [0.4, 0.5) is 0 Å². The van der Waals surface area contributed by atoms with Gasteiger partial charge in [0.25, 0.3) is 0 Å². The van der Waals surface area contributed by atoms with Crippen LogP contribution in [-0.2, 0) is 6.42 Å². The molecule has 0 bridgehead atoms. The zero-order valence-electron chi connectivity index (χ0n) is 9.32. The summed E-state index contributed by atoms with van der Waals surface area (Å²) in [5.74, 6) is 0. The fourth-order valence-electron chi connectivity index (χ4n) is 1.71. The summed E-state index contributed by atoms with van der Waals surface area (Å²) in [5.41, 5.74) is 4.59. The second kappa shape index (κ2) is 4.46. The number of aromatic nitrogens is 1. The summed E-state index contributed by atoms with van der Waals surface area (Å²) in [5, 5.41) is 11.5. The van der Waals surface area contributed by atoms with E-state index in [1.807, 2.05) is 5.38 Å². The van der Waals surface area contributed by atoms with E-state index in [0.29, 0.717) is 6.42 Å². The number of thiazole rings is 1. The van der Waals surface area contributed by atoms with Crippen LogP contribution in [0, 0.1) is 25.2 Å². The second-order valence-electron chi connectivity index (χ2n) is 3.84. The van der Waals surface area contributed by atoms with E-state index in [2.05, 4.69) is 43.1 Å². The van der Waals surface area contributed by atoms with Crippen LogP contribution in [0.1, 0.15) is 16.1 Å². The van der Waals surface area contributed by atoms with E-state index in [4.69, 9.17) is 5.26 Å². The van der Waals surface area contributed by atoms with E-state index < -0.39 is 0 Å². The van der Waals surface area contributed by atoms with Crippen LogP contribution in [0.15, 0.2) is 23.6 Å². The van der Waals surface area contributed by atoms with Crippen LogP contribution in [0.5, 0.6) is 0 Å². The Morgan fingerprint density at radius 3 is 2.56 bits per heavy atom. The third-order valence-corrected chi connectivity index (χ3v) is 3.15. The van der Waals surface area contributed by atoms with Gasteiger partial charge in [0.2, 0.25) is 0 Å². The van der Waals surface area contributed by atoms with Gasteiger partial charge in [-0.25, -0.2) is 4.98 Å². The van der Waals surface area contributed by atoms with Gasteiger partial charge in [-0.3, -0.25) is 0 Å². The highest BCUT2D eigenvalue weighted by atomic mass is 32.1. The lowest BCUT2D eigenvalue weighted by Gasteiger charge is -2.01. The van der Waals surface area contributed by atoms with Crippen LogP contribution in [0.25, 0.3) is 11.3 Å². The molecular weight excluding hydrogens is 216 g/mol. The highest BCUT2D eigenvalue weighted by molar-refractivity contribution is 7.10. The van der Waals surface area contributed by atoms with E-state index in [9.17, 15) is 0 Å². The predicted molar refractivity (Wildman–Crippen MR) is 66.3 cm³/mol. The molecule has 0 fully saturated rings. The average molecular weight is 228 g/mol. The molecule has 0 unspecified atom stereocenters. The molecule has 2 rings (SSSR count). The van der Waals surface area contributed by atoms with Crippen molar-refractivity contribution in [3.63, 3.8) is 0 Å². The highest BCUT2D eigenvalue weighted by Crippen LogP contribution is 2.24. The molecular formula is C13H12N2S. The zero-order chi connectivity index (χ0) is 11.5. The molecule has 0 N–H and O–H groups in total. The van der Waals surface area contributed by atoms with Crippen molar-refractivity contribution in [3.8, 4) is 17.3 Å². The van der Waals surface area contributed by atoms with Gasteiger partial charge in [0.1, 0.15) is 5.01 Å². The summed E-state index contributed by atoms with van der Waals surface area (Å²) in [7, 11) is 0. The molecule has 3 heteroatoms. The summed E-state index contributed by atoms with van der Waals surface area (Å²) in [4.78, 5) is 4.45. The molecule has 0 amide bonds. The van der Waals surface area contributed by atoms with Gasteiger partial charge in [-0.15, -0.1) is 11.3 Å². The van der Waals surface area contributed by atoms with Crippen molar-refractivity contribution in [2.24, 2.45) is 0 Å². The van der Waals surface area contributed by atoms with Gasteiger partial charge in [-0.05, 0) is 26.0 Å². The second-order valence-corrected chi connectivity index (χ2v) is 4.78. The third-order valence-electron chi connectivity index (χ3n) is 2.30. The molecule has 0 spiro atoms. The first kappa shape index (κ1) is 10.8. The summed E-state index contributed by atoms with van der Waals surface area (Å²) < 4.78 is 0. The Bertz CT molecular complexity index is 529. The Morgan fingerprint density at radius 2 is 1.94 bits per heavy atom. The first-order valence-corrected chi connectivity index (χ1v) is 5.97. The molecule has 2 nitrogen and oxygen atoms in total. The van der Waals surface area contributed by atoms with Gasteiger partial charge in [-0.2, -0.15) is 5.26 Å². The van der Waals surface area contributed by atoms with Crippen LogP contribution in [-0.4, -0.2) is 4.98 Å². The molecule has 16 heavy (non-hydrogen) atoms. The molecule has 1 aromatic carbocycles. The smallest absolute Gasteiger partial charge is 0.107 e. The molecule has 0 aliphatic carbocycles. The van der Waals surface area contributed by atoms with Gasteiger partial charge >= 0.3 is 0 Å². The first-order valence-electron chi connectivity index (χ1n) is 5.09. The minimum absolute atomic E-state index is 0.398. The molecule has 80 valence electrons. The molecule has 0 aliphatic rings. The van der Waals surface area contributed by atoms with Gasteiger partial charge in [0.15, 0.2) is 0 Å². The van der Waals surface area contributed by atoms with Crippen LogP contribution < -0.4 is 0 Å².